The van der Waals surface area contributed by atoms with E-state index in [4.69, 9.17) is 23.2 Å². The predicted molar refractivity (Wildman–Crippen MR) is 101 cm³/mol. The van der Waals surface area contributed by atoms with Crippen molar-refractivity contribution in [2.24, 2.45) is 0 Å². The van der Waals surface area contributed by atoms with Crippen molar-refractivity contribution >= 4 is 40.5 Å². The van der Waals surface area contributed by atoms with Gasteiger partial charge in [0.1, 0.15) is 5.75 Å². The number of rotatable bonds is 5. The molecule has 4 nitrogen and oxygen atoms in total. The van der Waals surface area contributed by atoms with E-state index in [9.17, 15) is 14.3 Å². The summed E-state index contributed by atoms with van der Waals surface area (Å²) in [6.45, 7) is 1.95. The third-order valence-corrected chi connectivity index (χ3v) is 4.39. The standard InChI is InChI=1S/C18H19Cl2FN2O2/c1-4-5-10-8-12(17(23(2)3)16(21)15(10)20)18(25)22-14-7-6-11(24)9-13(14)19/h6-9,24H,4-5H2,1-3H3,(H,22,25). The summed E-state index contributed by atoms with van der Waals surface area (Å²) < 4.78 is 14.7. The Hall–Kier alpha value is -1.98. The van der Waals surface area contributed by atoms with Crippen molar-refractivity contribution in [2.75, 3.05) is 24.3 Å². The van der Waals surface area contributed by atoms with Gasteiger partial charge in [-0.3, -0.25) is 4.79 Å². The lowest BCUT2D eigenvalue weighted by Crippen LogP contribution is -2.21. The summed E-state index contributed by atoms with van der Waals surface area (Å²) in [4.78, 5) is 14.2. The first-order valence-corrected chi connectivity index (χ1v) is 8.49. The van der Waals surface area contributed by atoms with Crippen molar-refractivity contribution in [1.29, 1.82) is 0 Å². The first kappa shape index (κ1) is 19.3. The molecule has 0 atom stereocenters. The van der Waals surface area contributed by atoms with Crippen LogP contribution in [0, 0.1) is 5.82 Å². The zero-order valence-corrected chi connectivity index (χ0v) is 15.7. The van der Waals surface area contributed by atoms with E-state index < -0.39 is 11.7 Å². The van der Waals surface area contributed by atoms with Gasteiger partial charge in [-0.1, -0.05) is 36.5 Å². The van der Waals surface area contributed by atoms with Crippen molar-refractivity contribution in [3.8, 4) is 5.75 Å². The van der Waals surface area contributed by atoms with E-state index in [1.54, 1.807) is 20.2 Å². The highest BCUT2D eigenvalue weighted by Crippen LogP contribution is 2.34. The van der Waals surface area contributed by atoms with Gasteiger partial charge in [-0.15, -0.1) is 0 Å². The van der Waals surface area contributed by atoms with E-state index in [0.717, 1.165) is 6.42 Å². The van der Waals surface area contributed by atoms with Crippen LogP contribution in [0.15, 0.2) is 24.3 Å². The fourth-order valence-corrected chi connectivity index (χ4v) is 2.99. The zero-order valence-electron chi connectivity index (χ0n) is 14.2. The Kier molecular flexibility index (Phi) is 6.14. The van der Waals surface area contributed by atoms with Crippen LogP contribution >= 0.6 is 23.2 Å². The number of benzene rings is 2. The maximum absolute atomic E-state index is 14.7. The van der Waals surface area contributed by atoms with Gasteiger partial charge < -0.3 is 15.3 Å². The Balaban J connectivity index is 2.50. The topological polar surface area (TPSA) is 52.6 Å². The van der Waals surface area contributed by atoms with Crippen molar-refractivity contribution in [3.63, 3.8) is 0 Å². The van der Waals surface area contributed by atoms with Gasteiger partial charge in [0.2, 0.25) is 0 Å². The third kappa shape index (κ3) is 4.17. The molecular formula is C18H19Cl2FN2O2. The van der Waals surface area contributed by atoms with Crippen LogP contribution in [0.5, 0.6) is 5.75 Å². The second kappa shape index (κ2) is 7.93. The number of aromatic hydroxyl groups is 1. The van der Waals surface area contributed by atoms with Gasteiger partial charge in [0.15, 0.2) is 5.82 Å². The van der Waals surface area contributed by atoms with Gasteiger partial charge in [-0.05, 0) is 30.2 Å². The quantitative estimate of drug-likeness (QED) is 0.704. The first-order valence-electron chi connectivity index (χ1n) is 7.74. The molecule has 0 fully saturated rings. The number of carbonyl (C=O) groups excluding carboxylic acids is 1. The van der Waals surface area contributed by atoms with E-state index in [0.29, 0.717) is 17.7 Å². The molecule has 0 aromatic heterocycles. The van der Waals surface area contributed by atoms with E-state index in [2.05, 4.69) is 5.32 Å². The summed E-state index contributed by atoms with van der Waals surface area (Å²) in [5, 5.41) is 12.3. The Morgan fingerprint density at radius 1 is 1.28 bits per heavy atom. The highest BCUT2D eigenvalue weighted by molar-refractivity contribution is 6.34. The molecule has 0 aliphatic carbocycles. The summed E-state index contributed by atoms with van der Waals surface area (Å²) in [5.74, 6) is -1.15. The number of phenolic OH excluding ortho intramolecular Hbond substituents is 1. The summed E-state index contributed by atoms with van der Waals surface area (Å²) >= 11 is 12.1. The fourth-order valence-electron chi connectivity index (χ4n) is 2.53. The second-order valence-corrected chi connectivity index (χ2v) is 6.61. The van der Waals surface area contributed by atoms with Crippen LogP contribution in [0.1, 0.15) is 29.3 Å². The van der Waals surface area contributed by atoms with E-state index in [1.165, 1.54) is 23.1 Å². The molecule has 0 saturated heterocycles. The maximum atomic E-state index is 14.7. The summed E-state index contributed by atoms with van der Waals surface area (Å²) in [6, 6.07) is 5.80. The average Bonchev–Trinajstić information content (AvgIpc) is 2.53. The van der Waals surface area contributed by atoms with Crippen molar-refractivity contribution in [1.82, 2.24) is 0 Å². The molecule has 2 aromatic carbocycles. The molecule has 0 bridgehead atoms. The van der Waals surface area contributed by atoms with Gasteiger partial charge in [0.05, 0.1) is 27.0 Å². The minimum atomic E-state index is -0.625. The molecule has 0 saturated carbocycles. The normalized spacial score (nSPS) is 10.6. The third-order valence-electron chi connectivity index (χ3n) is 3.67. The lowest BCUT2D eigenvalue weighted by Gasteiger charge is -2.21. The number of anilines is 2. The maximum Gasteiger partial charge on any atom is 0.257 e. The molecule has 0 spiro atoms. The van der Waals surface area contributed by atoms with Crippen LogP contribution < -0.4 is 10.2 Å². The van der Waals surface area contributed by atoms with E-state index >= 15 is 0 Å². The number of aryl methyl sites for hydroxylation is 1. The smallest absolute Gasteiger partial charge is 0.257 e. The Morgan fingerprint density at radius 2 is 1.96 bits per heavy atom. The van der Waals surface area contributed by atoms with Crippen molar-refractivity contribution in [3.05, 3.63) is 51.3 Å². The molecule has 1 amide bonds. The van der Waals surface area contributed by atoms with Crippen molar-refractivity contribution < 1.29 is 14.3 Å². The Labute approximate surface area is 156 Å². The molecule has 0 radical (unpaired) electrons. The lowest BCUT2D eigenvalue weighted by molar-refractivity contribution is 0.102. The fraction of sp³-hybridized carbons (Fsp3) is 0.278. The largest absolute Gasteiger partial charge is 0.508 e. The molecule has 0 heterocycles. The van der Waals surface area contributed by atoms with Crippen LogP contribution in [-0.2, 0) is 6.42 Å². The molecule has 2 aromatic rings. The SMILES string of the molecule is CCCc1cc(C(=O)Nc2ccc(O)cc2Cl)c(N(C)C)c(F)c1Cl. The van der Waals surface area contributed by atoms with Gasteiger partial charge in [-0.2, -0.15) is 0 Å². The minimum Gasteiger partial charge on any atom is -0.508 e. The van der Waals surface area contributed by atoms with Gasteiger partial charge in [0.25, 0.3) is 5.91 Å². The molecule has 0 unspecified atom stereocenters. The predicted octanol–water partition coefficient (Wildman–Crippen LogP) is 5.11. The average molecular weight is 385 g/mol. The van der Waals surface area contributed by atoms with Crippen LogP contribution in [0.25, 0.3) is 0 Å². The number of amides is 1. The van der Waals surface area contributed by atoms with Crippen LogP contribution in [0.2, 0.25) is 10.0 Å². The summed E-state index contributed by atoms with van der Waals surface area (Å²) in [5.41, 5.74) is 1.17. The van der Waals surface area contributed by atoms with E-state index in [-0.39, 0.29) is 27.0 Å². The van der Waals surface area contributed by atoms with Crippen molar-refractivity contribution in [2.45, 2.75) is 19.8 Å². The van der Waals surface area contributed by atoms with Gasteiger partial charge >= 0.3 is 0 Å². The first-order chi connectivity index (χ1) is 11.8. The molecule has 7 heteroatoms. The Bertz CT molecular complexity index is 810. The van der Waals surface area contributed by atoms with E-state index in [1.807, 2.05) is 6.92 Å². The van der Waals surface area contributed by atoms with Crippen LogP contribution in [0.4, 0.5) is 15.8 Å². The Morgan fingerprint density at radius 3 is 2.52 bits per heavy atom. The second-order valence-electron chi connectivity index (χ2n) is 5.82. The monoisotopic (exact) mass is 384 g/mol. The number of phenols is 1. The number of nitrogens with zero attached hydrogens (tertiary/aromatic N) is 1. The number of hydrogen-bond acceptors (Lipinski definition) is 3. The highest BCUT2D eigenvalue weighted by atomic mass is 35.5. The molecular weight excluding hydrogens is 366 g/mol. The van der Waals surface area contributed by atoms with Gasteiger partial charge in [0, 0.05) is 20.2 Å². The zero-order chi connectivity index (χ0) is 18.7. The molecule has 25 heavy (non-hydrogen) atoms. The van der Waals surface area contributed by atoms with Crippen LogP contribution in [-0.4, -0.2) is 25.1 Å². The van der Waals surface area contributed by atoms with Crippen LogP contribution in [0.3, 0.4) is 0 Å². The molecule has 0 aliphatic heterocycles. The summed E-state index contributed by atoms with van der Waals surface area (Å²) in [6.07, 6.45) is 1.33. The molecule has 134 valence electrons. The number of nitrogens with one attached hydrogen (secondary N) is 1. The molecule has 2 N–H and O–H groups in total. The number of hydrogen-bond donors (Lipinski definition) is 2. The lowest BCUT2D eigenvalue weighted by atomic mass is 10.0. The molecule has 0 aliphatic rings. The molecule has 2 rings (SSSR count). The van der Waals surface area contributed by atoms with Gasteiger partial charge in [-0.25, -0.2) is 4.39 Å². The number of carbonyl (C=O) groups is 1. The highest BCUT2D eigenvalue weighted by Gasteiger charge is 2.23. The minimum absolute atomic E-state index is 0.0141. The number of halogens is 3. The summed E-state index contributed by atoms with van der Waals surface area (Å²) in [7, 11) is 3.27.